The zero-order chi connectivity index (χ0) is 11.6. The van der Waals surface area contributed by atoms with E-state index in [-0.39, 0.29) is 29.6 Å². The molecule has 3 nitrogen and oxygen atoms in total. The molecule has 0 radical (unpaired) electrons. The smallest absolute Gasteiger partial charge is 0.0761 e. The molecule has 3 heteroatoms. The molecule has 0 amide bonds. The number of hydrogen-bond donors (Lipinski definition) is 2. The lowest BCUT2D eigenvalue weighted by Crippen LogP contribution is -2.64. The first kappa shape index (κ1) is 11.0. The van der Waals surface area contributed by atoms with Crippen LogP contribution >= 0.6 is 0 Å². The predicted octanol–water partition coefficient (Wildman–Crippen LogP) is 1.47. The van der Waals surface area contributed by atoms with E-state index in [1.54, 1.807) is 0 Å². The number of fused-ring (bicyclic) bond motifs is 2. The van der Waals surface area contributed by atoms with Crippen LogP contribution in [0.2, 0.25) is 0 Å². The van der Waals surface area contributed by atoms with Crippen LogP contribution in [0.3, 0.4) is 0 Å². The number of ether oxygens (including phenoxy) is 1. The monoisotopic (exact) mass is 226 g/mol. The Hall–Kier alpha value is -0.120. The van der Waals surface area contributed by atoms with Crippen molar-refractivity contribution in [3.05, 3.63) is 0 Å². The molecule has 0 aromatic heterocycles. The van der Waals surface area contributed by atoms with E-state index in [1.807, 2.05) is 0 Å². The second-order valence-corrected chi connectivity index (χ2v) is 6.89. The average molecular weight is 226 g/mol. The lowest BCUT2D eigenvalue weighted by atomic mass is 9.48. The Labute approximate surface area is 96.8 Å². The lowest BCUT2D eigenvalue weighted by Gasteiger charge is -2.59. The fraction of sp³-hybridized carbons (Fsp3) is 1.00. The third-order valence-electron chi connectivity index (χ3n) is 5.07. The maximum atomic E-state index is 10.8. The highest BCUT2D eigenvalue weighted by molar-refractivity contribution is 5.17. The normalized spacial score (nSPS) is 48.0. The van der Waals surface area contributed by atoms with Crippen molar-refractivity contribution >= 4 is 0 Å². The minimum absolute atomic E-state index is 0.0702. The third-order valence-corrected chi connectivity index (χ3v) is 5.07. The van der Waals surface area contributed by atoms with E-state index in [0.29, 0.717) is 0 Å². The average Bonchev–Trinajstić information content (AvgIpc) is 2.73. The summed E-state index contributed by atoms with van der Waals surface area (Å²) in [6, 6.07) is 0. The van der Waals surface area contributed by atoms with Gasteiger partial charge < -0.3 is 14.9 Å². The van der Waals surface area contributed by atoms with Crippen LogP contribution in [-0.2, 0) is 4.74 Å². The van der Waals surface area contributed by atoms with Gasteiger partial charge in [-0.3, -0.25) is 0 Å². The van der Waals surface area contributed by atoms with Crippen LogP contribution in [0.15, 0.2) is 0 Å². The summed E-state index contributed by atoms with van der Waals surface area (Å²) < 4.78 is 5.85. The first-order valence-corrected chi connectivity index (χ1v) is 6.40. The van der Waals surface area contributed by atoms with Gasteiger partial charge in [0.05, 0.1) is 29.8 Å². The van der Waals surface area contributed by atoms with Gasteiger partial charge >= 0.3 is 0 Å². The molecule has 3 aliphatic rings. The predicted molar refractivity (Wildman–Crippen MR) is 60.0 cm³/mol. The lowest BCUT2D eigenvalue weighted by molar-refractivity contribution is -0.222. The molecule has 0 spiro atoms. The van der Waals surface area contributed by atoms with Gasteiger partial charge in [-0.1, -0.05) is 13.8 Å². The van der Waals surface area contributed by atoms with Gasteiger partial charge in [-0.15, -0.1) is 0 Å². The molecule has 3 fully saturated rings. The molecule has 2 N–H and O–H groups in total. The minimum Gasteiger partial charge on any atom is -0.396 e. The van der Waals surface area contributed by atoms with Crippen LogP contribution in [0.25, 0.3) is 0 Å². The molecule has 3 atom stereocenters. The van der Waals surface area contributed by atoms with Gasteiger partial charge in [0.15, 0.2) is 0 Å². The van der Waals surface area contributed by atoms with Crippen molar-refractivity contribution in [2.45, 2.75) is 63.8 Å². The molecule has 1 aliphatic carbocycles. The summed E-state index contributed by atoms with van der Waals surface area (Å²) in [5, 5.41) is 20.5. The van der Waals surface area contributed by atoms with E-state index in [9.17, 15) is 10.2 Å². The second-order valence-electron chi connectivity index (χ2n) is 6.89. The summed E-state index contributed by atoms with van der Waals surface area (Å²) in [5.74, 6) is 0. The summed E-state index contributed by atoms with van der Waals surface area (Å²) >= 11 is 0. The molecule has 16 heavy (non-hydrogen) atoms. The van der Waals surface area contributed by atoms with Crippen molar-refractivity contribution in [3.63, 3.8) is 0 Å². The molecule has 2 heterocycles. The Morgan fingerprint density at radius 3 is 2.31 bits per heavy atom. The van der Waals surface area contributed by atoms with E-state index in [0.717, 1.165) is 32.1 Å². The summed E-state index contributed by atoms with van der Waals surface area (Å²) in [5.41, 5.74) is -0.838. The van der Waals surface area contributed by atoms with Crippen LogP contribution in [-0.4, -0.2) is 34.6 Å². The highest BCUT2D eigenvalue weighted by Crippen LogP contribution is 2.63. The fourth-order valence-electron chi connectivity index (χ4n) is 4.49. The molecule has 2 aliphatic heterocycles. The molecular formula is C13H22O3. The fourth-order valence-corrected chi connectivity index (χ4v) is 4.49. The summed E-state index contributed by atoms with van der Waals surface area (Å²) in [7, 11) is 0. The largest absolute Gasteiger partial charge is 0.396 e. The SMILES string of the molecule is CC1(C)CC(O)(C2(CO)CC3CCC2O3)C1. The topological polar surface area (TPSA) is 49.7 Å². The van der Waals surface area contributed by atoms with E-state index >= 15 is 0 Å². The Balaban J connectivity index is 1.87. The molecule has 92 valence electrons. The second kappa shape index (κ2) is 3.01. The minimum atomic E-state index is -0.689. The maximum absolute atomic E-state index is 10.8. The molecular weight excluding hydrogens is 204 g/mol. The Morgan fingerprint density at radius 2 is 1.94 bits per heavy atom. The molecule has 1 saturated carbocycles. The quantitative estimate of drug-likeness (QED) is 0.749. The highest BCUT2D eigenvalue weighted by atomic mass is 16.5. The first-order valence-electron chi connectivity index (χ1n) is 6.40. The van der Waals surface area contributed by atoms with Crippen LogP contribution in [0.1, 0.15) is 46.0 Å². The number of hydrogen-bond acceptors (Lipinski definition) is 3. The zero-order valence-electron chi connectivity index (χ0n) is 10.2. The standard InChI is InChI=1S/C13H22O3/c1-11(2)6-13(15,7-11)12(8-14)5-9-3-4-10(12)16-9/h9-10,14-15H,3-8H2,1-2H3. The van der Waals surface area contributed by atoms with Crippen molar-refractivity contribution in [2.24, 2.45) is 10.8 Å². The Bertz CT molecular complexity index is 304. The van der Waals surface area contributed by atoms with Crippen LogP contribution in [0.4, 0.5) is 0 Å². The van der Waals surface area contributed by atoms with Gasteiger partial charge in [0.25, 0.3) is 0 Å². The van der Waals surface area contributed by atoms with Crippen molar-refractivity contribution in [3.8, 4) is 0 Å². The number of aliphatic hydroxyl groups excluding tert-OH is 1. The van der Waals surface area contributed by atoms with Crippen molar-refractivity contribution in [2.75, 3.05) is 6.61 Å². The third kappa shape index (κ3) is 1.20. The van der Waals surface area contributed by atoms with Crippen LogP contribution in [0, 0.1) is 10.8 Å². The summed E-state index contributed by atoms with van der Waals surface area (Å²) in [6.07, 6.45) is 4.93. The summed E-state index contributed by atoms with van der Waals surface area (Å²) in [4.78, 5) is 0. The molecule has 2 saturated heterocycles. The van der Waals surface area contributed by atoms with E-state index in [2.05, 4.69) is 13.8 Å². The van der Waals surface area contributed by atoms with E-state index in [1.165, 1.54) is 0 Å². The molecule has 3 rings (SSSR count). The van der Waals surface area contributed by atoms with Crippen molar-refractivity contribution in [1.29, 1.82) is 0 Å². The Kier molecular flexibility index (Phi) is 2.07. The van der Waals surface area contributed by atoms with Gasteiger partial charge in [-0.05, 0) is 37.5 Å². The Morgan fingerprint density at radius 1 is 1.25 bits per heavy atom. The molecule has 3 unspecified atom stereocenters. The molecule has 0 aromatic rings. The highest BCUT2D eigenvalue weighted by Gasteiger charge is 2.67. The van der Waals surface area contributed by atoms with Gasteiger partial charge in [0.1, 0.15) is 0 Å². The van der Waals surface area contributed by atoms with Gasteiger partial charge in [0, 0.05) is 0 Å². The van der Waals surface area contributed by atoms with Crippen molar-refractivity contribution in [1.82, 2.24) is 0 Å². The van der Waals surface area contributed by atoms with Gasteiger partial charge in [0.2, 0.25) is 0 Å². The van der Waals surface area contributed by atoms with Crippen LogP contribution in [0.5, 0.6) is 0 Å². The number of aliphatic hydroxyl groups is 2. The maximum Gasteiger partial charge on any atom is 0.0761 e. The molecule has 0 aromatic carbocycles. The first-order chi connectivity index (χ1) is 7.41. The van der Waals surface area contributed by atoms with Gasteiger partial charge in [-0.2, -0.15) is 0 Å². The van der Waals surface area contributed by atoms with Crippen LogP contribution < -0.4 is 0 Å². The van der Waals surface area contributed by atoms with E-state index in [4.69, 9.17) is 4.74 Å². The summed E-state index contributed by atoms with van der Waals surface area (Å²) in [6.45, 7) is 4.43. The number of rotatable bonds is 2. The van der Waals surface area contributed by atoms with Gasteiger partial charge in [-0.25, -0.2) is 0 Å². The van der Waals surface area contributed by atoms with Crippen molar-refractivity contribution < 1.29 is 14.9 Å². The zero-order valence-corrected chi connectivity index (χ0v) is 10.2. The molecule has 2 bridgehead atoms. The van der Waals surface area contributed by atoms with E-state index < -0.39 is 5.60 Å².